The molecule has 1 aromatic rings. The predicted octanol–water partition coefficient (Wildman–Crippen LogP) is -1.90. The van der Waals surface area contributed by atoms with Crippen molar-refractivity contribution in [3.8, 4) is 0 Å². The quantitative estimate of drug-likeness (QED) is 0.363. The molecule has 0 aromatic carbocycles. The molecule has 0 saturated heterocycles. The lowest BCUT2D eigenvalue weighted by molar-refractivity contribution is -0.139. The van der Waals surface area contributed by atoms with Gasteiger partial charge in [0.05, 0.1) is 0 Å². The Labute approximate surface area is 107 Å². The number of carbonyl (C=O) groups excluding carboxylic acids is 3. The van der Waals surface area contributed by atoms with Gasteiger partial charge in [0.25, 0.3) is 5.91 Å². The number of nitrogens with zero attached hydrogens (tertiary/aromatic N) is 2. The maximum absolute atomic E-state index is 11.6. The lowest BCUT2D eigenvalue weighted by atomic mass is 10.4. The molecule has 9 nitrogen and oxygen atoms in total. The van der Waals surface area contributed by atoms with Gasteiger partial charge in [0.2, 0.25) is 0 Å². The summed E-state index contributed by atoms with van der Waals surface area (Å²) in [5.41, 5.74) is 9.30. The topological polar surface area (TPSA) is 139 Å². The van der Waals surface area contributed by atoms with Crippen LogP contribution in [-0.2, 0) is 9.59 Å². The largest absolute Gasteiger partial charge is 0.382 e. The molecule has 0 aliphatic heterocycles. The molecule has 0 bridgehead atoms. The van der Waals surface area contributed by atoms with Crippen molar-refractivity contribution in [2.45, 2.75) is 18.9 Å². The van der Waals surface area contributed by atoms with E-state index in [-0.39, 0.29) is 17.6 Å². The van der Waals surface area contributed by atoms with Gasteiger partial charge in [-0.05, 0) is 12.8 Å². The molecule has 1 aromatic heterocycles. The highest BCUT2D eigenvalue weighted by molar-refractivity contribution is 6.35. The molecule has 1 saturated carbocycles. The molecule has 0 spiro atoms. The van der Waals surface area contributed by atoms with Crippen LogP contribution in [0, 0.1) is 0 Å². The van der Waals surface area contributed by atoms with E-state index in [9.17, 15) is 14.4 Å². The summed E-state index contributed by atoms with van der Waals surface area (Å²) in [4.78, 5) is 41.6. The van der Waals surface area contributed by atoms with Gasteiger partial charge in [-0.1, -0.05) is 0 Å². The van der Waals surface area contributed by atoms with Crippen LogP contribution in [0.25, 0.3) is 0 Å². The minimum atomic E-state index is -0.956. The number of nitrogens with one attached hydrogen (secondary N) is 3. The molecule has 9 heteroatoms. The van der Waals surface area contributed by atoms with Crippen LogP contribution in [0.5, 0.6) is 0 Å². The van der Waals surface area contributed by atoms with Crippen LogP contribution >= 0.6 is 0 Å². The first kappa shape index (κ1) is 12.7. The van der Waals surface area contributed by atoms with Gasteiger partial charge in [-0.2, -0.15) is 0 Å². The van der Waals surface area contributed by atoms with E-state index >= 15 is 0 Å². The first-order valence-corrected chi connectivity index (χ1v) is 5.55. The summed E-state index contributed by atoms with van der Waals surface area (Å²) in [5.74, 6) is -2.58. The normalized spacial score (nSPS) is 13.5. The number of hydrazine groups is 1. The summed E-state index contributed by atoms with van der Waals surface area (Å²) < 4.78 is 0. The summed E-state index contributed by atoms with van der Waals surface area (Å²) >= 11 is 0. The first-order valence-electron chi connectivity index (χ1n) is 5.55. The molecule has 1 aliphatic carbocycles. The number of rotatable bonds is 2. The Morgan fingerprint density at radius 3 is 2.42 bits per heavy atom. The zero-order valence-electron chi connectivity index (χ0n) is 9.84. The van der Waals surface area contributed by atoms with Crippen molar-refractivity contribution in [2.24, 2.45) is 0 Å². The van der Waals surface area contributed by atoms with E-state index < -0.39 is 17.7 Å². The molecular weight excluding hydrogens is 252 g/mol. The third-order valence-electron chi connectivity index (χ3n) is 2.35. The maximum Gasteiger partial charge on any atom is 0.327 e. The van der Waals surface area contributed by atoms with E-state index in [1.54, 1.807) is 0 Å². The number of hydrogen-bond acceptors (Lipinski definition) is 6. The molecule has 0 radical (unpaired) electrons. The molecular formula is C10H12N6O3. The number of nitrogen functional groups attached to an aromatic ring is 1. The smallest absolute Gasteiger partial charge is 0.327 e. The Balaban J connectivity index is 1.84. The predicted molar refractivity (Wildman–Crippen MR) is 63.2 cm³/mol. The molecule has 0 atom stereocenters. The van der Waals surface area contributed by atoms with E-state index in [0.29, 0.717) is 0 Å². The van der Waals surface area contributed by atoms with Gasteiger partial charge in [0.15, 0.2) is 11.5 Å². The fraction of sp³-hybridized carbons (Fsp3) is 0.300. The van der Waals surface area contributed by atoms with Crippen molar-refractivity contribution in [3.63, 3.8) is 0 Å². The number of hydrogen-bond donors (Lipinski definition) is 4. The standard InChI is InChI=1S/C10H12N6O3/c11-7-6(12-3-4-13-7)8(17)15-16-10(19)9(18)14-5-1-2-5/h3-5H,1-2H2,(H2,11,13)(H,14,18)(H,15,17)(H,16,19). The second kappa shape index (κ2) is 5.29. The van der Waals surface area contributed by atoms with E-state index in [4.69, 9.17) is 5.73 Å². The van der Waals surface area contributed by atoms with Crippen LogP contribution in [0.15, 0.2) is 12.4 Å². The Morgan fingerprint density at radius 1 is 1.11 bits per heavy atom. The number of carbonyl (C=O) groups is 3. The fourth-order valence-electron chi connectivity index (χ4n) is 1.23. The third kappa shape index (κ3) is 3.37. The van der Waals surface area contributed by atoms with E-state index in [1.165, 1.54) is 12.4 Å². The van der Waals surface area contributed by atoms with Gasteiger partial charge in [-0.15, -0.1) is 0 Å². The molecule has 19 heavy (non-hydrogen) atoms. The molecule has 1 fully saturated rings. The Bertz CT molecular complexity index is 528. The number of anilines is 1. The minimum absolute atomic E-state index is 0.0598. The lowest BCUT2D eigenvalue weighted by Crippen LogP contribution is -2.49. The van der Waals surface area contributed by atoms with Gasteiger partial charge in [0.1, 0.15) is 0 Å². The highest BCUT2D eigenvalue weighted by Crippen LogP contribution is 2.18. The van der Waals surface area contributed by atoms with Gasteiger partial charge in [0, 0.05) is 18.4 Å². The van der Waals surface area contributed by atoms with Crippen molar-refractivity contribution in [3.05, 3.63) is 18.1 Å². The average molecular weight is 264 g/mol. The zero-order chi connectivity index (χ0) is 13.8. The summed E-state index contributed by atoms with van der Waals surface area (Å²) in [7, 11) is 0. The Hall–Kier alpha value is -2.71. The Kier molecular flexibility index (Phi) is 3.55. The van der Waals surface area contributed by atoms with Crippen molar-refractivity contribution in [1.82, 2.24) is 26.1 Å². The average Bonchev–Trinajstić information content (AvgIpc) is 3.20. The number of amides is 3. The van der Waals surface area contributed by atoms with E-state index in [2.05, 4.69) is 15.3 Å². The third-order valence-corrected chi connectivity index (χ3v) is 2.35. The summed E-state index contributed by atoms with van der Waals surface area (Å²) in [5, 5.41) is 2.47. The van der Waals surface area contributed by atoms with Gasteiger partial charge in [-0.25, -0.2) is 9.97 Å². The van der Waals surface area contributed by atoms with Crippen LogP contribution < -0.4 is 21.9 Å². The second-order valence-electron chi connectivity index (χ2n) is 3.95. The van der Waals surface area contributed by atoms with Crippen LogP contribution in [0.4, 0.5) is 5.82 Å². The SMILES string of the molecule is Nc1nccnc1C(=O)NNC(=O)C(=O)NC1CC1. The molecule has 1 heterocycles. The Morgan fingerprint density at radius 2 is 1.79 bits per heavy atom. The number of aromatic nitrogens is 2. The van der Waals surface area contributed by atoms with E-state index in [0.717, 1.165) is 12.8 Å². The van der Waals surface area contributed by atoms with Crippen LogP contribution in [0.1, 0.15) is 23.3 Å². The highest BCUT2D eigenvalue weighted by atomic mass is 16.2. The summed E-state index contributed by atoms with van der Waals surface area (Å²) in [6.07, 6.45) is 4.34. The lowest BCUT2D eigenvalue weighted by Gasteiger charge is -2.07. The molecule has 100 valence electrons. The molecule has 2 rings (SSSR count). The molecule has 3 amide bonds. The first-order chi connectivity index (χ1) is 9.08. The second-order valence-corrected chi connectivity index (χ2v) is 3.95. The van der Waals surface area contributed by atoms with Crippen LogP contribution in [0.3, 0.4) is 0 Å². The summed E-state index contributed by atoms with van der Waals surface area (Å²) in [6.45, 7) is 0. The van der Waals surface area contributed by atoms with Crippen molar-refractivity contribution >= 4 is 23.5 Å². The van der Waals surface area contributed by atoms with Crippen molar-refractivity contribution in [1.29, 1.82) is 0 Å². The zero-order valence-corrected chi connectivity index (χ0v) is 9.84. The van der Waals surface area contributed by atoms with Crippen molar-refractivity contribution < 1.29 is 14.4 Å². The maximum atomic E-state index is 11.6. The fourth-order valence-corrected chi connectivity index (χ4v) is 1.23. The monoisotopic (exact) mass is 264 g/mol. The molecule has 1 aliphatic rings. The molecule has 0 unspecified atom stereocenters. The number of nitrogens with two attached hydrogens (primary N) is 1. The van der Waals surface area contributed by atoms with E-state index in [1.807, 2.05) is 10.9 Å². The molecule has 5 N–H and O–H groups in total. The van der Waals surface area contributed by atoms with Crippen LogP contribution in [0.2, 0.25) is 0 Å². The van der Waals surface area contributed by atoms with Gasteiger partial charge in [-0.3, -0.25) is 25.2 Å². The summed E-state index contributed by atoms with van der Waals surface area (Å²) in [6, 6.07) is 0.0598. The van der Waals surface area contributed by atoms with Gasteiger partial charge >= 0.3 is 11.8 Å². The van der Waals surface area contributed by atoms with Gasteiger partial charge < -0.3 is 11.1 Å². The van der Waals surface area contributed by atoms with Crippen molar-refractivity contribution in [2.75, 3.05) is 5.73 Å². The highest BCUT2D eigenvalue weighted by Gasteiger charge is 2.26. The minimum Gasteiger partial charge on any atom is -0.382 e. The van der Waals surface area contributed by atoms with Crippen LogP contribution in [-0.4, -0.2) is 33.7 Å².